The van der Waals surface area contributed by atoms with Gasteiger partial charge in [-0.25, -0.2) is 0 Å². The highest BCUT2D eigenvalue weighted by Gasteiger charge is 1.95. The Hall–Kier alpha value is -1.16. The Bertz CT molecular complexity index is 208. The maximum Gasteiger partial charge on any atom is 0.213 e. The van der Waals surface area contributed by atoms with Crippen LogP contribution in [0.25, 0.3) is 0 Å². The van der Waals surface area contributed by atoms with Crippen molar-refractivity contribution in [3.63, 3.8) is 0 Å². The van der Waals surface area contributed by atoms with E-state index in [2.05, 4.69) is 26.6 Å². The van der Waals surface area contributed by atoms with Crippen LogP contribution in [0.4, 0.5) is 0 Å². The van der Waals surface area contributed by atoms with Crippen molar-refractivity contribution in [1.29, 1.82) is 0 Å². The van der Waals surface area contributed by atoms with Gasteiger partial charge in [0.2, 0.25) is 6.39 Å². The van der Waals surface area contributed by atoms with E-state index in [-0.39, 0.29) is 0 Å². The summed E-state index contributed by atoms with van der Waals surface area (Å²) in [6.45, 7) is 5.47. The van der Waals surface area contributed by atoms with E-state index in [1.807, 2.05) is 6.08 Å². The summed E-state index contributed by atoms with van der Waals surface area (Å²) in [5.74, 6) is 0.751. The van der Waals surface area contributed by atoms with Crippen molar-refractivity contribution in [3.05, 3.63) is 24.9 Å². The van der Waals surface area contributed by atoms with Gasteiger partial charge in [-0.05, 0) is 13.0 Å². The van der Waals surface area contributed by atoms with Gasteiger partial charge in [0, 0.05) is 13.0 Å². The Morgan fingerprint density at radius 1 is 1.58 bits per heavy atom. The van der Waals surface area contributed by atoms with Gasteiger partial charge in [-0.1, -0.05) is 11.2 Å². The van der Waals surface area contributed by atoms with Gasteiger partial charge in [-0.15, -0.1) is 6.58 Å². The maximum atomic E-state index is 4.59. The monoisotopic (exact) mass is 167 g/mol. The minimum atomic E-state index is 0.751. The zero-order valence-corrected chi connectivity index (χ0v) is 6.99. The van der Waals surface area contributed by atoms with Crippen molar-refractivity contribution in [1.82, 2.24) is 15.5 Å². The lowest BCUT2D eigenvalue weighted by molar-refractivity contribution is 0.409. The second-order valence-corrected chi connectivity index (χ2v) is 2.42. The van der Waals surface area contributed by atoms with Gasteiger partial charge in [-0.3, -0.25) is 0 Å². The van der Waals surface area contributed by atoms with Crippen LogP contribution in [0, 0.1) is 0 Å². The van der Waals surface area contributed by atoms with Crippen LogP contribution >= 0.6 is 0 Å². The fourth-order valence-electron chi connectivity index (χ4n) is 0.832. The molecule has 12 heavy (non-hydrogen) atoms. The third-order valence-corrected chi connectivity index (χ3v) is 1.46. The van der Waals surface area contributed by atoms with E-state index in [1.54, 1.807) is 0 Å². The zero-order chi connectivity index (χ0) is 8.65. The van der Waals surface area contributed by atoms with E-state index >= 15 is 0 Å². The molecule has 0 unspecified atom stereocenters. The zero-order valence-electron chi connectivity index (χ0n) is 6.99. The third kappa shape index (κ3) is 3.30. The SMILES string of the molecule is C=CCCNCCc1ncon1. The lowest BCUT2D eigenvalue weighted by atomic mass is 10.4. The van der Waals surface area contributed by atoms with Crippen LogP contribution in [0.2, 0.25) is 0 Å². The fraction of sp³-hybridized carbons (Fsp3) is 0.500. The van der Waals surface area contributed by atoms with E-state index in [0.717, 1.165) is 31.8 Å². The molecule has 4 nitrogen and oxygen atoms in total. The molecule has 1 aromatic rings. The molecular formula is C8H13N3O. The van der Waals surface area contributed by atoms with Crippen LogP contribution in [0.1, 0.15) is 12.2 Å². The maximum absolute atomic E-state index is 4.59. The number of nitrogens with zero attached hydrogens (tertiary/aromatic N) is 2. The molecule has 0 radical (unpaired) electrons. The van der Waals surface area contributed by atoms with Gasteiger partial charge in [0.1, 0.15) is 0 Å². The predicted octanol–water partition coefficient (Wildman–Crippen LogP) is 0.778. The average Bonchev–Trinajstić information content (AvgIpc) is 2.57. The second kappa shape index (κ2) is 5.49. The molecular weight excluding hydrogens is 154 g/mol. The van der Waals surface area contributed by atoms with Gasteiger partial charge < -0.3 is 9.84 Å². The summed E-state index contributed by atoms with van der Waals surface area (Å²) in [5.41, 5.74) is 0. The molecule has 1 N–H and O–H groups in total. The van der Waals surface area contributed by atoms with Crippen molar-refractivity contribution in [2.75, 3.05) is 13.1 Å². The summed E-state index contributed by atoms with van der Waals surface area (Å²) < 4.78 is 4.59. The van der Waals surface area contributed by atoms with Gasteiger partial charge in [-0.2, -0.15) is 4.98 Å². The van der Waals surface area contributed by atoms with Gasteiger partial charge in [0.25, 0.3) is 0 Å². The quantitative estimate of drug-likeness (QED) is 0.502. The summed E-state index contributed by atoms with van der Waals surface area (Å²) in [4.78, 5) is 3.90. The molecule has 1 heterocycles. The first-order chi connectivity index (χ1) is 5.93. The van der Waals surface area contributed by atoms with Crippen LogP contribution < -0.4 is 5.32 Å². The predicted molar refractivity (Wildman–Crippen MR) is 45.7 cm³/mol. The Morgan fingerprint density at radius 2 is 2.50 bits per heavy atom. The number of nitrogens with one attached hydrogen (secondary N) is 1. The summed E-state index contributed by atoms with van der Waals surface area (Å²) in [7, 11) is 0. The number of rotatable bonds is 6. The minimum absolute atomic E-state index is 0.751. The Morgan fingerprint density at radius 3 is 3.17 bits per heavy atom. The fourth-order valence-corrected chi connectivity index (χ4v) is 0.832. The highest BCUT2D eigenvalue weighted by Crippen LogP contribution is 1.87. The summed E-state index contributed by atoms with van der Waals surface area (Å²) in [6.07, 6.45) is 5.04. The molecule has 0 spiro atoms. The van der Waals surface area contributed by atoms with Crippen LogP contribution in [0.5, 0.6) is 0 Å². The van der Waals surface area contributed by atoms with Crippen LogP contribution in [-0.4, -0.2) is 23.2 Å². The molecule has 0 aliphatic rings. The summed E-state index contributed by atoms with van der Waals surface area (Å²) >= 11 is 0. The largest absolute Gasteiger partial charge is 0.343 e. The first-order valence-electron chi connectivity index (χ1n) is 4.00. The molecule has 0 fully saturated rings. The molecule has 0 aliphatic carbocycles. The Balaban J connectivity index is 2.00. The van der Waals surface area contributed by atoms with Gasteiger partial charge in [0.15, 0.2) is 5.82 Å². The number of hydrogen-bond acceptors (Lipinski definition) is 4. The molecule has 0 saturated heterocycles. The van der Waals surface area contributed by atoms with E-state index in [9.17, 15) is 0 Å². The molecule has 0 atom stereocenters. The lowest BCUT2D eigenvalue weighted by Crippen LogP contribution is -2.18. The van der Waals surface area contributed by atoms with Gasteiger partial charge >= 0.3 is 0 Å². The topological polar surface area (TPSA) is 51.0 Å². The molecule has 4 heteroatoms. The number of aromatic nitrogens is 2. The molecule has 0 aliphatic heterocycles. The van der Waals surface area contributed by atoms with E-state index < -0.39 is 0 Å². The molecule has 0 aromatic carbocycles. The minimum Gasteiger partial charge on any atom is -0.343 e. The smallest absolute Gasteiger partial charge is 0.213 e. The van der Waals surface area contributed by atoms with Crippen molar-refractivity contribution in [3.8, 4) is 0 Å². The molecule has 0 amide bonds. The van der Waals surface area contributed by atoms with Crippen molar-refractivity contribution >= 4 is 0 Å². The third-order valence-electron chi connectivity index (χ3n) is 1.46. The first kappa shape index (κ1) is 8.93. The van der Waals surface area contributed by atoms with Crippen molar-refractivity contribution < 1.29 is 4.52 Å². The number of hydrogen-bond donors (Lipinski definition) is 1. The highest BCUT2D eigenvalue weighted by atomic mass is 16.5. The molecule has 1 rings (SSSR count). The van der Waals surface area contributed by atoms with E-state index in [1.165, 1.54) is 6.39 Å². The molecule has 0 saturated carbocycles. The van der Waals surface area contributed by atoms with Crippen LogP contribution in [0.15, 0.2) is 23.6 Å². The van der Waals surface area contributed by atoms with E-state index in [4.69, 9.17) is 0 Å². The summed E-state index contributed by atoms with van der Waals surface area (Å²) in [6, 6.07) is 0. The second-order valence-electron chi connectivity index (χ2n) is 2.42. The van der Waals surface area contributed by atoms with Gasteiger partial charge in [0.05, 0.1) is 0 Å². The average molecular weight is 167 g/mol. The Labute approximate surface area is 71.7 Å². The molecule has 0 bridgehead atoms. The van der Waals surface area contributed by atoms with Crippen molar-refractivity contribution in [2.24, 2.45) is 0 Å². The molecule has 1 aromatic heterocycles. The van der Waals surface area contributed by atoms with Crippen LogP contribution in [-0.2, 0) is 6.42 Å². The first-order valence-corrected chi connectivity index (χ1v) is 4.00. The van der Waals surface area contributed by atoms with Crippen molar-refractivity contribution in [2.45, 2.75) is 12.8 Å². The Kier molecular flexibility index (Phi) is 4.08. The standard InChI is InChI=1S/C8H13N3O/c1-2-3-5-9-6-4-8-10-7-12-11-8/h2,7,9H,1,3-6H2. The molecule has 66 valence electrons. The normalized spacial score (nSPS) is 10.0. The summed E-state index contributed by atoms with van der Waals surface area (Å²) in [5, 5.41) is 6.92. The lowest BCUT2D eigenvalue weighted by Gasteiger charge is -1.98. The van der Waals surface area contributed by atoms with E-state index in [0.29, 0.717) is 0 Å². The highest BCUT2D eigenvalue weighted by molar-refractivity contribution is 4.78. The van der Waals surface area contributed by atoms with Crippen LogP contribution in [0.3, 0.4) is 0 Å².